The second-order valence-electron chi connectivity index (χ2n) is 1.14. The summed E-state index contributed by atoms with van der Waals surface area (Å²) in [6.45, 7) is 0. The van der Waals surface area contributed by atoms with Crippen molar-refractivity contribution in [1.29, 1.82) is 0 Å². The summed E-state index contributed by atoms with van der Waals surface area (Å²) in [7, 11) is -5.84. The predicted molar refractivity (Wildman–Crippen MR) is 24.4 cm³/mol. The van der Waals surface area contributed by atoms with Crippen LogP contribution in [0.1, 0.15) is 0 Å². The van der Waals surface area contributed by atoms with Gasteiger partial charge < -0.3 is 9.81 Å². The highest BCUT2D eigenvalue weighted by Crippen LogP contribution is 2.34. The Kier molecular flexibility index (Phi) is 3.60. The molecule has 0 N–H and O–H groups in total. The molecule has 6 nitrogen and oxygen atoms in total. The summed E-state index contributed by atoms with van der Waals surface area (Å²) in [6.07, 6.45) is 0. The Bertz CT molecular complexity index is 209. The van der Waals surface area contributed by atoms with E-state index in [-0.39, 0.29) is 0 Å². The van der Waals surface area contributed by atoms with Crippen LogP contribution in [-0.4, -0.2) is 17.6 Å². The Hall–Kier alpha value is -0.0000000000000000971. The van der Waals surface area contributed by atoms with Crippen LogP contribution in [0.25, 0.3) is 0 Å². The minimum atomic E-state index is -5.84. The number of alkyl halides is 2. The molecule has 0 aromatic carbocycles. The lowest BCUT2D eigenvalue weighted by molar-refractivity contribution is -0.777. The molecule has 11 heavy (non-hydrogen) atoms. The van der Waals surface area contributed by atoms with Crippen molar-refractivity contribution >= 4 is 22.2 Å². The van der Waals surface area contributed by atoms with E-state index in [1.165, 1.54) is 0 Å². The summed E-state index contributed by atoms with van der Waals surface area (Å²) in [5, 5.41) is 11.3. The summed E-state index contributed by atoms with van der Waals surface area (Å²) < 4.78 is 50.7. The van der Waals surface area contributed by atoms with E-state index in [2.05, 4.69) is 9.37 Å². The van der Waals surface area contributed by atoms with E-state index in [0.29, 0.717) is 0 Å². The maximum absolute atomic E-state index is 11.8. The van der Waals surface area contributed by atoms with Crippen molar-refractivity contribution < 1.29 is 36.4 Å². The lowest BCUT2D eigenvalue weighted by Crippen LogP contribution is -2.25. The van der Waals surface area contributed by atoms with E-state index in [4.69, 9.17) is 5.26 Å². The van der Waals surface area contributed by atoms with E-state index in [0.717, 1.165) is 0 Å². The van der Waals surface area contributed by atoms with Crippen molar-refractivity contribution in [2.45, 2.75) is 4.59 Å². The van der Waals surface area contributed by atoms with Crippen molar-refractivity contribution in [3.8, 4) is 0 Å². The Balaban J connectivity index is 4.24. The monoisotopic (exact) mass is 210 g/mol. The predicted octanol–water partition coefficient (Wildman–Crippen LogP) is -1.05. The largest absolute Gasteiger partial charge is 0.743 e. The molecule has 0 spiro atoms. The highest BCUT2D eigenvalue weighted by molar-refractivity contribution is 8.09. The Morgan fingerprint density at radius 2 is 1.91 bits per heavy atom. The third-order valence-electron chi connectivity index (χ3n) is 0.450. The molecular weight excluding hydrogens is 210 g/mol. The lowest BCUT2D eigenvalue weighted by atomic mass is 11.6. The molecule has 0 saturated heterocycles. The summed E-state index contributed by atoms with van der Waals surface area (Å²) in [6, 6.07) is 0. The quantitative estimate of drug-likeness (QED) is 0.252. The molecule has 68 valence electrons. The Morgan fingerprint density at radius 3 is 2.18 bits per heavy atom. The highest BCUT2D eigenvalue weighted by atomic mass is 32.3. The van der Waals surface area contributed by atoms with Gasteiger partial charge in [-0.3, -0.25) is 5.04 Å². The van der Waals surface area contributed by atoms with Gasteiger partial charge in [-0.15, -0.1) is 0 Å². The zero-order chi connectivity index (χ0) is 9.12. The zero-order valence-electron chi connectivity index (χ0n) is 4.52. The molecule has 0 fully saturated rings. The fourth-order valence-electron chi connectivity index (χ4n) is 0.0952. The maximum Gasteiger partial charge on any atom is 0.409 e. The molecule has 0 aliphatic heterocycles. The van der Waals surface area contributed by atoms with Gasteiger partial charge in [-0.1, -0.05) is 0 Å². The van der Waals surface area contributed by atoms with Gasteiger partial charge in [0.25, 0.3) is 0 Å². The van der Waals surface area contributed by atoms with Crippen LogP contribution in [0.2, 0.25) is 0 Å². The number of hydrogen-bond acceptors (Lipinski definition) is 7. The molecule has 0 amide bonds. The van der Waals surface area contributed by atoms with Crippen LogP contribution in [0.4, 0.5) is 8.78 Å². The topological polar surface area (TPSA) is 98.7 Å². The fourth-order valence-corrected chi connectivity index (χ4v) is 0.619. The van der Waals surface area contributed by atoms with E-state index < -0.39 is 26.7 Å². The van der Waals surface area contributed by atoms with Crippen molar-refractivity contribution in [2.75, 3.05) is 0 Å². The molecule has 0 aromatic rings. The van der Waals surface area contributed by atoms with Gasteiger partial charge >= 0.3 is 4.59 Å². The third kappa shape index (κ3) is 3.27. The average molecular weight is 210 g/mol. The number of halogens is 2. The van der Waals surface area contributed by atoms with Gasteiger partial charge in [0.1, 0.15) is 12.0 Å². The third-order valence-corrected chi connectivity index (χ3v) is 2.17. The van der Waals surface area contributed by atoms with Crippen LogP contribution >= 0.6 is 12.0 Å². The molecule has 0 aliphatic rings. The van der Waals surface area contributed by atoms with Crippen molar-refractivity contribution in [3.05, 3.63) is 0 Å². The summed E-state index contributed by atoms with van der Waals surface area (Å²) in [5.41, 5.74) is 0. The van der Waals surface area contributed by atoms with E-state index >= 15 is 0 Å². The Morgan fingerprint density at radius 1 is 1.45 bits per heavy atom. The van der Waals surface area contributed by atoms with Crippen LogP contribution in [0.15, 0.2) is 0 Å². The van der Waals surface area contributed by atoms with E-state index in [1.807, 2.05) is 0 Å². The summed E-state index contributed by atoms with van der Waals surface area (Å²) >= 11 is -1.18. The number of hydrogen-bond donors (Lipinski definition) is 0. The van der Waals surface area contributed by atoms with Crippen LogP contribution in [0.5, 0.6) is 0 Å². The molecule has 0 saturated carbocycles. The fraction of sp³-hybridized carbons (Fsp3) is 1.00. The van der Waals surface area contributed by atoms with Gasteiger partial charge in [-0.25, -0.2) is 8.42 Å². The minimum Gasteiger partial charge on any atom is -0.743 e. The van der Waals surface area contributed by atoms with Gasteiger partial charge in [0, 0.05) is 0 Å². The highest BCUT2D eigenvalue weighted by Gasteiger charge is 2.40. The average Bonchev–Trinajstić information content (AvgIpc) is 1.81. The van der Waals surface area contributed by atoms with Gasteiger partial charge in [0.05, 0.1) is 0 Å². The van der Waals surface area contributed by atoms with Gasteiger partial charge in [0.2, 0.25) is 0 Å². The minimum absolute atomic E-state index is 1.18. The summed E-state index contributed by atoms with van der Waals surface area (Å²) in [5.74, 6) is 0. The molecule has 0 atom stereocenters. The molecule has 0 unspecified atom stereocenters. The van der Waals surface area contributed by atoms with Crippen LogP contribution < -0.4 is 5.26 Å². The van der Waals surface area contributed by atoms with E-state index in [1.54, 1.807) is 0 Å². The lowest BCUT2D eigenvalue weighted by Gasteiger charge is -2.17. The van der Waals surface area contributed by atoms with Crippen molar-refractivity contribution in [1.82, 2.24) is 0 Å². The van der Waals surface area contributed by atoms with Gasteiger partial charge in [-0.05, 0) is 0 Å². The molecule has 0 rings (SSSR count). The maximum atomic E-state index is 11.8. The molecule has 0 heterocycles. The molecule has 0 aliphatic carbocycles. The standard InChI is InChI=1S/CH2F2O6S2/c2-1(3,10-9-8-4)11(5,6)7/h4H,(H,5,6,7)/p-2. The molecule has 10 heteroatoms. The van der Waals surface area contributed by atoms with Gasteiger partial charge in [-0.2, -0.15) is 13.1 Å². The zero-order valence-corrected chi connectivity index (χ0v) is 6.15. The SMILES string of the molecule is O=S(=O)([O-])C(F)(F)SOO[O-]. The van der Waals surface area contributed by atoms with Crippen LogP contribution in [0.3, 0.4) is 0 Å². The first-order valence-corrected chi connectivity index (χ1v) is 3.94. The first kappa shape index (κ1) is 11.0. The smallest absolute Gasteiger partial charge is 0.409 e. The van der Waals surface area contributed by atoms with E-state index in [9.17, 15) is 21.8 Å². The van der Waals surface area contributed by atoms with Gasteiger partial charge in [0.15, 0.2) is 10.1 Å². The van der Waals surface area contributed by atoms with Crippen molar-refractivity contribution in [2.24, 2.45) is 0 Å². The molecular formula is CF2O6S2-2. The molecule has 0 radical (unpaired) electrons. The second-order valence-corrected chi connectivity index (χ2v) is 3.63. The van der Waals surface area contributed by atoms with Crippen LogP contribution in [0, 0.1) is 0 Å². The second kappa shape index (κ2) is 3.60. The number of rotatable bonds is 4. The normalized spacial score (nSPS) is 13.5. The molecule has 0 aromatic heterocycles. The first-order chi connectivity index (χ1) is 4.81. The Labute approximate surface area is 63.9 Å². The first-order valence-electron chi connectivity index (χ1n) is 1.79. The summed E-state index contributed by atoms with van der Waals surface area (Å²) in [4.78, 5) is 0. The van der Waals surface area contributed by atoms with Crippen molar-refractivity contribution in [3.63, 3.8) is 0 Å². The van der Waals surface area contributed by atoms with Crippen LogP contribution in [-0.2, 0) is 19.5 Å². The molecule has 0 bridgehead atoms.